The van der Waals surface area contributed by atoms with Crippen LogP contribution in [0.1, 0.15) is 27.6 Å². The van der Waals surface area contributed by atoms with Gasteiger partial charge in [-0.1, -0.05) is 30.7 Å². The van der Waals surface area contributed by atoms with Crippen molar-refractivity contribution in [2.24, 2.45) is 0 Å². The molecule has 0 saturated carbocycles. The number of benzene rings is 1. The zero-order chi connectivity index (χ0) is 12.4. The van der Waals surface area contributed by atoms with E-state index in [9.17, 15) is 4.39 Å². The molecule has 0 amide bonds. The SMILES string of the molecule is CCc1ccc(C(Cl)c2cccc(F)c2Cl)s1. The molecule has 4 heteroatoms. The average molecular weight is 289 g/mol. The van der Waals surface area contributed by atoms with Crippen LogP contribution in [0.5, 0.6) is 0 Å². The van der Waals surface area contributed by atoms with Crippen molar-refractivity contribution in [2.75, 3.05) is 0 Å². The van der Waals surface area contributed by atoms with Crippen LogP contribution < -0.4 is 0 Å². The first-order chi connectivity index (χ1) is 8.13. The fraction of sp³-hybridized carbons (Fsp3) is 0.231. The Morgan fingerprint density at radius 1 is 1.29 bits per heavy atom. The molecule has 17 heavy (non-hydrogen) atoms. The van der Waals surface area contributed by atoms with Crippen molar-refractivity contribution in [3.63, 3.8) is 0 Å². The molecular formula is C13H11Cl2FS. The predicted molar refractivity (Wildman–Crippen MR) is 72.8 cm³/mol. The van der Waals surface area contributed by atoms with Gasteiger partial charge in [0.2, 0.25) is 0 Å². The maximum absolute atomic E-state index is 13.3. The Balaban J connectivity index is 2.36. The van der Waals surface area contributed by atoms with E-state index in [2.05, 4.69) is 6.92 Å². The van der Waals surface area contributed by atoms with Gasteiger partial charge in [-0.25, -0.2) is 4.39 Å². The topological polar surface area (TPSA) is 0 Å². The molecule has 1 heterocycles. The van der Waals surface area contributed by atoms with Gasteiger partial charge in [0.1, 0.15) is 5.82 Å². The lowest BCUT2D eigenvalue weighted by atomic mass is 10.1. The third kappa shape index (κ3) is 2.65. The Morgan fingerprint density at radius 3 is 2.71 bits per heavy atom. The van der Waals surface area contributed by atoms with E-state index in [4.69, 9.17) is 23.2 Å². The second kappa shape index (κ2) is 5.38. The summed E-state index contributed by atoms with van der Waals surface area (Å²) in [6.07, 6.45) is 0.977. The van der Waals surface area contributed by atoms with Crippen LogP contribution in [-0.4, -0.2) is 0 Å². The van der Waals surface area contributed by atoms with Crippen LogP contribution in [0, 0.1) is 5.82 Å². The van der Waals surface area contributed by atoms with Crippen LogP contribution >= 0.6 is 34.5 Å². The predicted octanol–water partition coefficient (Wildman–Crippen LogP) is 5.43. The van der Waals surface area contributed by atoms with Crippen molar-refractivity contribution >= 4 is 34.5 Å². The van der Waals surface area contributed by atoms with Crippen LogP contribution in [0.2, 0.25) is 5.02 Å². The molecule has 2 rings (SSSR count). The summed E-state index contributed by atoms with van der Waals surface area (Å²) in [5, 5.41) is -0.276. The second-order valence-electron chi connectivity index (χ2n) is 3.66. The van der Waals surface area contributed by atoms with E-state index in [0.717, 1.165) is 11.3 Å². The molecule has 0 radical (unpaired) electrons. The van der Waals surface area contributed by atoms with Crippen molar-refractivity contribution in [3.05, 3.63) is 56.5 Å². The van der Waals surface area contributed by atoms with E-state index >= 15 is 0 Å². The molecule has 90 valence electrons. The Morgan fingerprint density at radius 2 is 2.06 bits per heavy atom. The molecule has 1 unspecified atom stereocenters. The van der Waals surface area contributed by atoms with Gasteiger partial charge in [0, 0.05) is 9.75 Å². The number of hydrogen-bond acceptors (Lipinski definition) is 1. The first kappa shape index (κ1) is 12.9. The standard InChI is InChI=1S/C13H11Cl2FS/c1-2-8-6-7-11(17-8)13(15)9-4-3-5-10(16)12(9)14/h3-7,13H,2H2,1H3. The fourth-order valence-corrected chi connectivity index (χ4v) is 3.22. The van der Waals surface area contributed by atoms with E-state index in [1.807, 2.05) is 12.1 Å². The Hall–Kier alpha value is -0.570. The number of aryl methyl sites for hydroxylation is 1. The van der Waals surface area contributed by atoms with Crippen molar-refractivity contribution in [2.45, 2.75) is 18.7 Å². The Labute approximate surface area is 114 Å². The summed E-state index contributed by atoms with van der Waals surface area (Å²) in [5.41, 5.74) is 0.623. The monoisotopic (exact) mass is 288 g/mol. The molecule has 0 aliphatic carbocycles. The molecule has 0 spiro atoms. The van der Waals surface area contributed by atoms with E-state index in [0.29, 0.717) is 5.56 Å². The molecule has 2 aromatic rings. The van der Waals surface area contributed by atoms with E-state index in [-0.39, 0.29) is 10.4 Å². The molecule has 0 nitrogen and oxygen atoms in total. The minimum Gasteiger partial charge on any atom is -0.205 e. The van der Waals surface area contributed by atoms with Gasteiger partial charge in [-0.05, 0) is 30.2 Å². The van der Waals surface area contributed by atoms with Crippen LogP contribution in [-0.2, 0) is 6.42 Å². The summed E-state index contributed by atoms with van der Waals surface area (Å²) < 4.78 is 13.3. The number of halogens is 3. The van der Waals surface area contributed by atoms with E-state index in [1.165, 1.54) is 10.9 Å². The van der Waals surface area contributed by atoms with Crippen molar-refractivity contribution < 1.29 is 4.39 Å². The molecule has 0 saturated heterocycles. The molecule has 0 aliphatic rings. The lowest BCUT2D eigenvalue weighted by Gasteiger charge is -2.10. The van der Waals surface area contributed by atoms with Crippen LogP contribution in [0.25, 0.3) is 0 Å². The average Bonchev–Trinajstić information content (AvgIpc) is 2.80. The second-order valence-corrected chi connectivity index (χ2v) is 5.68. The lowest BCUT2D eigenvalue weighted by Crippen LogP contribution is -1.93. The van der Waals surface area contributed by atoms with Gasteiger partial charge in [0.05, 0.1) is 10.4 Å². The normalized spacial score (nSPS) is 12.7. The highest BCUT2D eigenvalue weighted by atomic mass is 35.5. The molecule has 0 N–H and O–H groups in total. The van der Waals surface area contributed by atoms with Crippen LogP contribution in [0.4, 0.5) is 4.39 Å². The Kier molecular flexibility index (Phi) is 4.08. The highest BCUT2D eigenvalue weighted by Gasteiger charge is 2.17. The van der Waals surface area contributed by atoms with Gasteiger partial charge in [-0.2, -0.15) is 0 Å². The van der Waals surface area contributed by atoms with Crippen molar-refractivity contribution in [1.29, 1.82) is 0 Å². The molecule has 0 bridgehead atoms. The lowest BCUT2D eigenvalue weighted by molar-refractivity contribution is 0.626. The summed E-state index contributed by atoms with van der Waals surface area (Å²) in [6, 6.07) is 8.74. The summed E-state index contributed by atoms with van der Waals surface area (Å²) in [6.45, 7) is 2.09. The Bertz CT molecular complexity index is 522. The quantitative estimate of drug-likeness (QED) is 0.661. The molecule has 0 fully saturated rings. The zero-order valence-electron chi connectivity index (χ0n) is 9.21. The highest BCUT2D eigenvalue weighted by molar-refractivity contribution is 7.12. The maximum Gasteiger partial charge on any atom is 0.142 e. The number of hydrogen-bond donors (Lipinski definition) is 0. The maximum atomic E-state index is 13.3. The van der Waals surface area contributed by atoms with Crippen molar-refractivity contribution in [1.82, 2.24) is 0 Å². The fourth-order valence-electron chi connectivity index (χ4n) is 1.59. The minimum atomic E-state index is -0.429. The molecule has 1 aromatic heterocycles. The largest absolute Gasteiger partial charge is 0.205 e. The summed E-state index contributed by atoms with van der Waals surface area (Å²) in [5.74, 6) is -0.429. The van der Waals surface area contributed by atoms with Crippen molar-refractivity contribution in [3.8, 4) is 0 Å². The van der Waals surface area contributed by atoms with Crippen LogP contribution in [0.15, 0.2) is 30.3 Å². The summed E-state index contributed by atoms with van der Waals surface area (Å²) >= 11 is 13.9. The number of thiophene rings is 1. The zero-order valence-corrected chi connectivity index (χ0v) is 11.5. The highest BCUT2D eigenvalue weighted by Crippen LogP contribution is 2.37. The molecule has 1 atom stereocenters. The molecular weight excluding hydrogens is 278 g/mol. The van der Waals surface area contributed by atoms with Gasteiger partial charge >= 0.3 is 0 Å². The third-order valence-corrected chi connectivity index (χ3v) is 4.83. The first-order valence-corrected chi connectivity index (χ1v) is 6.93. The minimum absolute atomic E-state index is 0.110. The molecule has 1 aromatic carbocycles. The van der Waals surface area contributed by atoms with E-state index in [1.54, 1.807) is 23.5 Å². The van der Waals surface area contributed by atoms with Gasteiger partial charge in [0.25, 0.3) is 0 Å². The number of alkyl halides is 1. The summed E-state index contributed by atoms with van der Waals surface area (Å²) in [7, 11) is 0. The smallest absolute Gasteiger partial charge is 0.142 e. The van der Waals surface area contributed by atoms with Gasteiger partial charge < -0.3 is 0 Å². The first-order valence-electron chi connectivity index (χ1n) is 5.30. The van der Waals surface area contributed by atoms with Gasteiger partial charge in [-0.3, -0.25) is 0 Å². The van der Waals surface area contributed by atoms with Crippen LogP contribution in [0.3, 0.4) is 0 Å². The molecule has 0 aliphatic heterocycles. The third-order valence-electron chi connectivity index (χ3n) is 2.54. The van der Waals surface area contributed by atoms with Gasteiger partial charge in [-0.15, -0.1) is 22.9 Å². The summed E-state index contributed by atoms with van der Waals surface area (Å²) in [4.78, 5) is 2.26. The van der Waals surface area contributed by atoms with Gasteiger partial charge in [0.15, 0.2) is 0 Å². The van der Waals surface area contributed by atoms with E-state index < -0.39 is 5.82 Å². The number of rotatable bonds is 3.